The number of hydrogen-bond acceptors (Lipinski definition) is 5. The molecule has 0 unspecified atom stereocenters. The summed E-state index contributed by atoms with van der Waals surface area (Å²) >= 11 is 0. The first-order chi connectivity index (χ1) is 14.1. The van der Waals surface area contributed by atoms with Gasteiger partial charge >= 0.3 is 12.1 Å². The van der Waals surface area contributed by atoms with E-state index in [1.807, 2.05) is 27.7 Å². The molecule has 30 heavy (non-hydrogen) atoms. The Kier molecular flexibility index (Phi) is 11.1. The number of carbonyl (C=O) groups excluding carboxylic acids is 2. The molecule has 0 aliphatic carbocycles. The fourth-order valence-electron chi connectivity index (χ4n) is 3.60. The number of aliphatic imine (C=N–C) groups is 1. The molecule has 0 spiro atoms. The predicted molar refractivity (Wildman–Crippen MR) is 122 cm³/mol. The molecule has 0 aromatic carbocycles. The summed E-state index contributed by atoms with van der Waals surface area (Å²) in [6, 6.07) is 0. The van der Waals surface area contributed by atoms with Crippen LogP contribution in [0.4, 0.5) is 4.79 Å². The average molecular weight is 423 g/mol. The van der Waals surface area contributed by atoms with Crippen LogP contribution in [0.2, 0.25) is 0 Å². The van der Waals surface area contributed by atoms with E-state index in [0.717, 1.165) is 25.0 Å². The first-order valence-corrected chi connectivity index (χ1v) is 11.5. The number of rotatable bonds is 16. The van der Waals surface area contributed by atoms with Crippen molar-refractivity contribution < 1.29 is 19.1 Å². The van der Waals surface area contributed by atoms with Gasteiger partial charge in [0.1, 0.15) is 12.3 Å². The molecule has 1 aliphatic heterocycles. The first kappa shape index (κ1) is 26.2. The highest BCUT2D eigenvalue weighted by molar-refractivity contribution is 6.08. The third-order valence-corrected chi connectivity index (χ3v) is 5.36. The lowest BCUT2D eigenvalue weighted by atomic mass is 9.85. The summed E-state index contributed by atoms with van der Waals surface area (Å²) < 4.78 is 10.4. The Morgan fingerprint density at radius 1 is 0.967 bits per heavy atom. The summed E-state index contributed by atoms with van der Waals surface area (Å²) in [5, 5.41) is 2.35. The predicted octanol–water partition coefficient (Wildman–Crippen LogP) is 5.95. The number of amides is 1. The van der Waals surface area contributed by atoms with Gasteiger partial charge in [-0.25, -0.2) is 9.59 Å². The van der Waals surface area contributed by atoms with Gasteiger partial charge in [0.2, 0.25) is 0 Å². The quantitative estimate of drug-likeness (QED) is 0.189. The van der Waals surface area contributed by atoms with Gasteiger partial charge in [0.15, 0.2) is 0 Å². The molecule has 0 fully saturated rings. The van der Waals surface area contributed by atoms with Crippen LogP contribution in [0, 0.1) is 5.41 Å². The van der Waals surface area contributed by atoms with E-state index in [1.165, 1.54) is 44.9 Å². The number of ether oxygens (including phenoxy) is 2. The molecule has 0 saturated heterocycles. The van der Waals surface area contributed by atoms with Gasteiger partial charge < -0.3 is 9.47 Å². The molecule has 1 N–H and O–H groups in total. The van der Waals surface area contributed by atoms with Gasteiger partial charge in [0.25, 0.3) is 0 Å². The van der Waals surface area contributed by atoms with Gasteiger partial charge in [-0.3, -0.25) is 10.3 Å². The van der Waals surface area contributed by atoms with Crippen LogP contribution in [0.1, 0.15) is 98.8 Å². The smallest absolute Gasteiger partial charge is 0.411 e. The monoisotopic (exact) mass is 422 g/mol. The highest BCUT2D eigenvalue weighted by Crippen LogP contribution is 2.38. The highest BCUT2D eigenvalue weighted by Gasteiger charge is 2.47. The molecule has 6 nitrogen and oxygen atoms in total. The third-order valence-electron chi connectivity index (χ3n) is 5.36. The van der Waals surface area contributed by atoms with Crippen molar-refractivity contribution >= 4 is 17.8 Å². The van der Waals surface area contributed by atoms with Gasteiger partial charge in [0.05, 0.1) is 12.1 Å². The maximum Gasteiger partial charge on any atom is 0.411 e. The van der Waals surface area contributed by atoms with Gasteiger partial charge in [-0.05, 0) is 20.3 Å². The van der Waals surface area contributed by atoms with Crippen molar-refractivity contribution in [2.45, 2.75) is 104 Å². The maximum absolute atomic E-state index is 11.9. The summed E-state index contributed by atoms with van der Waals surface area (Å²) in [5.41, 5.74) is 0.440. The van der Waals surface area contributed by atoms with Crippen molar-refractivity contribution in [3.63, 3.8) is 0 Å². The molecular weight excluding hydrogens is 380 g/mol. The molecule has 1 rings (SSSR count). The minimum atomic E-state index is -0.706. The molecule has 0 aromatic heterocycles. The van der Waals surface area contributed by atoms with Crippen LogP contribution in [0.3, 0.4) is 0 Å². The number of nitrogens with zero attached hydrogens (tertiary/aromatic N) is 1. The summed E-state index contributed by atoms with van der Waals surface area (Å²) in [6.07, 6.45) is 11.5. The van der Waals surface area contributed by atoms with E-state index in [2.05, 4.69) is 23.8 Å². The van der Waals surface area contributed by atoms with Crippen LogP contribution in [-0.2, 0) is 14.3 Å². The third kappa shape index (κ3) is 10.3. The summed E-state index contributed by atoms with van der Waals surface area (Å²) in [6.45, 7) is 14.3. The molecule has 1 aliphatic rings. The minimum absolute atomic E-state index is 0.103. The topological polar surface area (TPSA) is 77.0 Å². The fourth-order valence-corrected chi connectivity index (χ4v) is 3.60. The van der Waals surface area contributed by atoms with Crippen molar-refractivity contribution in [1.82, 2.24) is 5.32 Å². The Labute approximate surface area is 182 Å². The second-order valence-electron chi connectivity index (χ2n) is 9.40. The lowest BCUT2D eigenvalue weighted by Gasteiger charge is -2.22. The number of carbonyl (C=O) groups is 2. The molecule has 0 atom stereocenters. The Hall–Kier alpha value is -1.85. The number of nitrogens with one attached hydrogen (secondary N) is 1. The van der Waals surface area contributed by atoms with Crippen LogP contribution < -0.4 is 5.32 Å². The Bertz CT molecular complexity index is 608. The van der Waals surface area contributed by atoms with E-state index in [-0.39, 0.29) is 23.3 Å². The number of alkyl carbamates (subject to hydrolysis) is 1. The number of esters is 1. The second kappa shape index (κ2) is 12.8. The molecule has 0 saturated carbocycles. The highest BCUT2D eigenvalue weighted by atomic mass is 16.6. The maximum atomic E-state index is 11.9. The second-order valence-corrected chi connectivity index (χ2v) is 9.40. The standard InChI is InChI=1S/C24H42N2O4/c1-7-8-9-10-11-12-13-14-15-16-17-29-20(27)19(2)25-22(28)30-18-23(3,4)21-24(5,6)26-21/h2,7-18H2,1,3-6H3,(H,25,28). The fraction of sp³-hybridized carbons (Fsp3) is 0.792. The van der Waals surface area contributed by atoms with Crippen LogP contribution in [-0.4, -0.2) is 36.5 Å². The molecule has 172 valence electrons. The van der Waals surface area contributed by atoms with Crippen molar-refractivity contribution in [3.8, 4) is 0 Å². The molecule has 6 heteroatoms. The zero-order valence-electron chi connectivity index (χ0n) is 19.8. The van der Waals surface area contributed by atoms with Gasteiger partial charge in [0, 0.05) is 11.1 Å². The Balaban J connectivity index is 2.05. The Morgan fingerprint density at radius 2 is 1.47 bits per heavy atom. The number of hydrogen-bond donors (Lipinski definition) is 1. The zero-order valence-corrected chi connectivity index (χ0v) is 19.8. The van der Waals surface area contributed by atoms with Crippen LogP contribution >= 0.6 is 0 Å². The van der Waals surface area contributed by atoms with Crippen molar-refractivity contribution in [2.75, 3.05) is 13.2 Å². The SMILES string of the molecule is C=C(NC(=O)OCC(C)(C)C1=NC1(C)C)C(=O)OCCCCCCCCCCCC. The van der Waals surface area contributed by atoms with E-state index in [4.69, 9.17) is 9.47 Å². The Morgan fingerprint density at radius 3 is 1.97 bits per heavy atom. The summed E-state index contributed by atoms with van der Waals surface area (Å²) in [4.78, 5) is 28.3. The van der Waals surface area contributed by atoms with E-state index in [1.54, 1.807) is 0 Å². The number of unbranched alkanes of at least 4 members (excludes halogenated alkanes) is 9. The summed E-state index contributed by atoms with van der Waals surface area (Å²) in [5.74, 6) is -0.616. The lowest BCUT2D eigenvalue weighted by molar-refractivity contribution is -0.139. The van der Waals surface area contributed by atoms with E-state index >= 15 is 0 Å². The first-order valence-electron chi connectivity index (χ1n) is 11.5. The van der Waals surface area contributed by atoms with Crippen molar-refractivity contribution in [1.29, 1.82) is 0 Å². The van der Waals surface area contributed by atoms with Gasteiger partial charge in [-0.15, -0.1) is 0 Å². The van der Waals surface area contributed by atoms with Crippen molar-refractivity contribution in [2.24, 2.45) is 10.4 Å². The molecule has 0 aromatic rings. The van der Waals surface area contributed by atoms with Crippen LogP contribution in [0.15, 0.2) is 17.3 Å². The molecular formula is C24H42N2O4. The zero-order chi connectivity index (χ0) is 22.6. The van der Waals surface area contributed by atoms with E-state index in [0.29, 0.717) is 6.61 Å². The molecule has 1 amide bonds. The van der Waals surface area contributed by atoms with Gasteiger partial charge in [-0.1, -0.05) is 85.1 Å². The van der Waals surface area contributed by atoms with Crippen LogP contribution in [0.25, 0.3) is 0 Å². The van der Waals surface area contributed by atoms with Crippen molar-refractivity contribution in [3.05, 3.63) is 12.3 Å². The normalized spacial score (nSPS) is 14.6. The minimum Gasteiger partial charge on any atom is -0.461 e. The molecule has 0 bridgehead atoms. The average Bonchev–Trinajstić information content (AvgIpc) is 3.34. The molecule has 1 heterocycles. The van der Waals surface area contributed by atoms with Gasteiger partial charge in [-0.2, -0.15) is 0 Å². The lowest BCUT2D eigenvalue weighted by Crippen LogP contribution is -2.35. The van der Waals surface area contributed by atoms with Crippen LogP contribution in [0.5, 0.6) is 0 Å². The van der Waals surface area contributed by atoms with E-state index < -0.39 is 12.1 Å². The molecule has 0 radical (unpaired) electrons. The largest absolute Gasteiger partial charge is 0.461 e. The van der Waals surface area contributed by atoms with E-state index in [9.17, 15) is 9.59 Å². The summed E-state index contributed by atoms with van der Waals surface area (Å²) in [7, 11) is 0.